The topological polar surface area (TPSA) is 87.5 Å². The number of carbonyl (C=O) groups excluding carboxylic acids is 2. The molecule has 0 aliphatic rings. The highest BCUT2D eigenvalue weighted by Gasteiger charge is 2.09. The van der Waals surface area contributed by atoms with Crippen molar-refractivity contribution in [2.75, 3.05) is 17.2 Å². The minimum atomic E-state index is -0.588. The molecule has 0 spiro atoms. The maximum Gasteiger partial charge on any atom is 0.319 e. The second kappa shape index (κ2) is 7.64. The second-order valence-corrected chi connectivity index (χ2v) is 5.71. The molecule has 0 saturated carbocycles. The average Bonchev–Trinajstić information content (AvgIpc) is 3.00. The lowest BCUT2D eigenvalue weighted by atomic mass is 10.2. The van der Waals surface area contributed by atoms with Crippen LogP contribution in [0, 0.1) is 5.82 Å². The van der Waals surface area contributed by atoms with Gasteiger partial charge in [-0.15, -0.1) is 0 Å². The molecule has 7 nitrogen and oxygen atoms in total. The summed E-state index contributed by atoms with van der Waals surface area (Å²) in [6.07, 6.45) is 4.34. The van der Waals surface area contributed by atoms with E-state index in [1.807, 2.05) is 35.0 Å². The highest BCUT2D eigenvalue weighted by atomic mass is 19.1. The fourth-order valence-electron chi connectivity index (χ4n) is 2.48. The highest BCUT2D eigenvalue weighted by Crippen LogP contribution is 2.19. The summed E-state index contributed by atoms with van der Waals surface area (Å²) in [7, 11) is 0. The van der Waals surface area contributed by atoms with Gasteiger partial charge in [0.05, 0.1) is 11.4 Å². The van der Waals surface area contributed by atoms with Crippen LogP contribution in [0.1, 0.15) is 12.6 Å². The van der Waals surface area contributed by atoms with E-state index in [-0.39, 0.29) is 11.6 Å². The third-order valence-electron chi connectivity index (χ3n) is 3.62. The number of rotatable bonds is 5. The molecular formula is C18H18FN5O2. The van der Waals surface area contributed by atoms with Crippen molar-refractivity contribution >= 4 is 29.0 Å². The molecule has 134 valence electrons. The maximum atomic E-state index is 13.8. The summed E-state index contributed by atoms with van der Waals surface area (Å²) in [5.41, 5.74) is 2.07. The molecule has 0 bridgehead atoms. The Balaban J connectivity index is 1.54. The Labute approximate surface area is 149 Å². The summed E-state index contributed by atoms with van der Waals surface area (Å²) in [6.45, 7) is 1.70. The van der Waals surface area contributed by atoms with Crippen molar-refractivity contribution in [2.45, 2.75) is 13.3 Å². The van der Waals surface area contributed by atoms with Crippen LogP contribution in [0.2, 0.25) is 0 Å². The average molecular weight is 355 g/mol. The van der Waals surface area contributed by atoms with E-state index in [1.54, 1.807) is 0 Å². The number of fused-ring (bicyclic) bond motifs is 1. The van der Waals surface area contributed by atoms with Crippen LogP contribution >= 0.6 is 0 Å². The summed E-state index contributed by atoms with van der Waals surface area (Å²) in [5, 5.41) is 7.63. The zero-order chi connectivity index (χ0) is 18.5. The molecule has 26 heavy (non-hydrogen) atoms. The molecule has 0 aliphatic carbocycles. The first-order chi connectivity index (χ1) is 12.5. The number of amides is 3. The first-order valence-corrected chi connectivity index (χ1v) is 8.06. The summed E-state index contributed by atoms with van der Waals surface area (Å²) in [4.78, 5) is 27.5. The van der Waals surface area contributed by atoms with Crippen LogP contribution in [-0.4, -0.2) is 27.9 Å². The first-order valence-electron chi connectivity index (χ1n) is 8.06. The number of aromatic nitrogens is 2. The molecule has 0 fully saturated rings. The Hall–Kier alpha value is -3.42. The van der Waals surface area contributed by atoms with Crippen LogP contribution in [0.5, 0.6) is 0 Å². The molecule has 0 radical (unpaired) electrons. The van der Waals surface area contributed by atoms with E-state index in [0.717, 1.165) is 11.3 Å². The largest absolute Gasteiger partial charge is 0.337 e. The number of halogens is 1. The number of carbonyl (C=O) groups is 2. The van der Waals surface area contributed by atoms with Gasteiger partial charge in [-0.2, -0.15) is 0 Å². The molecule has 3 rings (SSSR count). The lowest BCUT2D eigenvalue weighted by Gasteiger charge is -2.10. The molecule has 2 aromatic heterocycles. The third kappa shape index (κ3) is 4.35. The first kappa shape index (κ1) is 17.4. The van der Waals surface area contributed by atoms with E-state index in [2.05, 4.69) is 20.9 Å². The Morgan fingerprint density at radius 1 is 1.19 bits per heavy atom. The van der Waals surface area contributed by atoms with Crippen molar-refractivity contribution < 1.29 is 14.0 Å². The van der Waals surface area contributed by atoms with Crippen LogP contribution in [0.3, 0.4) is 0 Å². The molecule has 0 aliphatic heterocycles. The highest BCUT2D eigenvalue weighted by molar-refractivity contribution is 5.92. The van der Waals surface area contributed by atoms with Crippen molar-refractivity contribution in [1.29, 1.82) is 0 Å². The number of anilines is 2. The van der Waals surface area contributed by atoms with Gasteiger partial charge in [0.25, 0.3) is 0 Å². The molecule has 1 aromatic carbocycles. The smallest absolute Gasteiger partial charge is 0.319 e. The minimum Gasteiger partial charge on any atom is -0.337 e. The number of benzene rings is 1. The van der Waals surface area contributed by atoms with E-state index in [1.165, 1.54) is 25.1 Å². The lowest BCUT2D eigenvalue weighted by Crippen LogP contribution is -2.30. The predicted molar refractivity (Wildman–Crippen MR) is 96.6 cm³/mol. The van der Waals surface area contributed by atoms with Crippen LogP contribution in [-0.2, 0) is 11.2 Å². The van der Waals surface area contributed by atoms with Gasteiger partial charge in [0.2, 0.25) is 5.91 Å². The van der Waals surface area contributed by atoms with E-state index in [0.29, 0.717) is 18.7 Å². The number of pyridine rings is 1. The fourth-order valence-corrected chi connectivity index (χ4v) is 2.48. The van der Waals surface area contributed by atoms with Gasteiger partial charge in [-0.1, -0.05) is 6.07 Å². The maximum absolute atomic E-state index is 13.8. The van der Waals surface area contributed by atoms with Gasteiger partial charge in [-0.3, -0.25) is 4.79 Å². The predicted octanol–water partition coefficient (Wildman–Crippen LogP) is 2.80. The number of urea groups is 1. The van der Waals surface area contributed by atoms with Crippen molar-refractivity contribution in [3.8, 4) is 0 Å². The quantitative estimate of drug-likeness (QED) is 0.658. The molecule has 0 atom stereocenters. The molecule has 3 aromatic rings. The number of nitrogens with one attached hydrogen (secondary N) is 3. The molecule has 3 amide bonds. The van der Waals surface area contributed by atoms with Crippen LogP contribution in [0.4, 0.5) is 20.6 Å². The number of hydrogen-bond acceptors (Lipinski definition) is 3. The van der Waals surface area contributed by atoms with Gasteiger partial charge in [0.15, 0.2) is 0 Å². The zero-order valence-electron chi connectivity index (χ0n) is 14.1. The SMILES string of the molecule is CC(=O)Nc1ccc(F)c(NC(=O)NCCc2cn3ccccc3n2)c1. The summed E-state index contributed by atoms with van der Waals surface area (Å²) in [6, 6.07) is 9.13. The van der Waals surface area contributed by atoms with E-state index in [9.17, 15) is 14.0 Å². The zero-order valence-corrected chi connectivity index (χ0v) is 14.1. The van der Waals surface area contributed by atoms with Crippen LogP contribution < -0.4 is 16.0 Å². The van der Waals surface area contributed by atoms with Crippen LogP contribution in [0.15, 0.2) is 48.8 Å². The summed E-state index contributed by atoms with van der Waals surface area (Å²) in [5.74, 6) is -0.867. The molecule has 8 heteroatoms. The molecule has 0 saturated heterocycles. The van der Waals surface area contributed by atoms with Crippen molar-refractivity contribution in [3.05, 3.63) is 60.3 Å². The van der Waals surface area contributed by atoms with Gasteiger partial charge in [-0.25, -0.2) is 14.2 Å². The Morgan fingerprint density at radius 2 is 2.04 bits per heavy atom. The van der Waals surface area contributed by atoms with E-state index < -0.39 is 11.8 Å². The minimum absolute atomic E-state index is 0.0125. The normalized spacial score (nSPS) is 10.5. The van der Waals surface area contributed by atoms with Gasteiger partial charge in [-0.05, 0) is 30.3 Å². The van der Waals surface area contributed by atoms with Gasteiger partial charge in [0.1, 0.15) is 11.5 Å². The third-order valence-corrected chi connectivity index (χ3v) is 3.62. The number of nitrogens with zero attached hydrogens (tertiary/aromatic N) is 2. The summed E-state index contributed by atoms with van der Waals surface area (Å²) < 4.78 is 15.7. The molecule has 3 N–H and O–H groups in total. The number of imidazole rings is 1. The van der Waals surface area contributed by atoms with Crippen molar-refractivity contribution in [1.82, 2.24) is 14.7 Å². The summed E-state index contributed by atoms with van der Waals surface area (Å²) >= 11 is 0. The van der Waals surface area contributed by atoms with Gasteiger partial charge < -0.3 is 20.4 Å². The van der Waals surface area contributed by atoms with E-state index >= 15 is 0 Å². The molecular weight excluding hydrogens is 337 g/mol. The van der Waals surface area contributed by atoms with Gasteiger partial charge in [0, 0.05) is 38.0 Å². The van der Waals surface area contributed by atoms with Crippen LogP contribution in [0.25, 0.3) is 5.65 Å². The standard InChI is InChI=1S/C18H18FN5O2/c1-12(25)21-13-5-6-15(19)16(10-13)23-18(26)20-8-7-14-11-24-9-3-2-4-17(24)22-14/h2-6,9-11H,7-8H2,1H3,(H,21,25)(H2,20,23,26). The van der Waals surface area contributed by atoms with Gasteiger partial charge >= 0.3 is 6.03 Å². The fraction of sp³-hybridized carbons (Fsp3) is 0.167. The molecule has 2 heterocycles. The van der Waals surface area contributed by atoms with Crippen molar-refractivity contribution in [3.63, 3.8) is 0 Å². The monoisotopic (exact) mass is 355 g/mol. The Bertz CT molecular complexity index is 921. The molecule has 0 unspecified atom stereocenters. The number of hydrogen-bond donors (Lipinski definition) is 3. The lowest BCUT2D eigenvalue weighted by molar-refractivity contribution is -0.114. The Morgan fingerprint density at radius 3 is 2.81 bits per heavy atom. The van der Waals surface area contributed by atoms with E-state index in [4.69, 9.17) is 0 Å². The second-order valence-electron chi connectivity index (χ2n) is 5.71. The van der Waals surface area contributed by atoms with Crippen molar-refractivity contribution in [2.24, 2.45) is 0 Å². The Kier molecular flexibility index (Phi) is 5.12.